The Balaban J connectivity index is 2.31. The van der Waals surface area contributed by atoms with Crippen LogP contribution in [0.25, 0.3) is 21.8 Å². The number of aliphatic hydroxyl groups excluding tert-OH is 1. The zero-order valence-corrected chi connectivity index (χ0v) is 10.1. The summed E-state index contributed by atoms with van der Waals surface area (Å²) in [5, 5.41) is 12.2. The molecule has 0 saturated heterocycles. The molecule has 3 heteroatoms. The van der Waals surface area contributed by atoms with E-state index in [4.69, 9.17) is 5.73 Å². The number of hydrogen-bond donors (Lipinski definition) is 2. The molecule has 3 aromatic rings. The molecule has 0 aliphatic carbocycles. The summed E-state index contributed by atoms with van der Waals surface area (Å²) >= 11 is 0. The monoisotopic (exact) mass is 240 g/mol. The van der Waals surface area contributed by atoms with Crippen molar-refractivity contribution >= 4 is 21.8 Å². The first-order valence-electron chi connectivity index (χ1n) is 6.15. The van der Waals surface area contributed by atoms with Gasteiger partial charge in [0.05, 0.1) is 12.6 Å². The second-order valence-corrected chi connectivity index (χ2v) is 4.53. The van der Waals surface area contributed by atoms with Gasteiger partial charge >= 0.3 is 0 Å². The lowest BCUT2D eigenvalue weighted by molar-refractivity contribution is 0.165. The van der Waals surface area contributed by atoms with Crippen LogP contribution in [0, 0.1) is 0 Å². The first-order chi connectivity index (χ1) is 8.81. The van der Waals surface area contributed by atoms with Crippen molar-refractivity contribution < 1.29 is 5.11 Å². The predicted octanol–water partition coefficient (Wildman–Crippen LogP) is 2.11. The fraction of sp³-hybridized carbons (Fsp3) is 0.200. The number of fused-ring (bicyclic) bond motifs is 3. The van der Waals surface area contributed by atoms with Gasteiger partial charge in [0.15, 0.2) is 0 Å². The van der Waals surface area contributed by atoms with Crippen molar-refractivity contribution in [1.29, 1.82) is 0 Å². The van der Waals surface area contributed by atoms with E-state index in [1.54, 1.807) is 0 Å². The van der Waals surface area contributed by atoms with E-state index >= 15 is 0 Å². The first kappa shape index (κ1) is 11.3. The highest BCUT2D eigenvalue weighted by Gasteiger charge is 2.11. The van der Waals surface area contributed by atoms with Crippen LogP contribution in [-0.4, -0.2) is 22.3 Å². The summed E-state index contributed by atoms with van der Waals surface area (Å²) < 4.78 is 2.14. The van der Waals surface area contributed by atoms with Crippen LogP contribution in [0.1, 0.15) is 0 Å². The molecule has 0 aliphatic rings. The molecule has 92 valence electrons. The highest BCUT2D eigenvalue weighted by atomic mass is 16.3. The van der Waals surface area contributed by atoms with Gasteiger partial charge in [-0.15, -0.1) is 0 Å². The molecule has 0 amide bonds. The molecular weight excluding hydrogens is 224 g/mol. The highest BCUT2D eigenvalue weighted by Crippen LogP contribution is 2.28. The van der Waals surface area contributed by atoms with Crippen molar-refractivity contribution in [3.63, 3.8) is 0 Å². The smallest absolute Gasteiger partial charge is 0.0841 e. The highest BCUT2D eigenvalue weighted by molar-refractivity contribution is 6.07. The Kier molecular flexibility index (Phi) is 2.78. The molecule has 0 aliphatic heterocycles. The second-order valence-electron chi connectivity index (χ2n) is 4.53. The lowest BCUT2D eigenvalue weighted by Crippen LogP contribution is -2.25. The fourth-order valence-corrected chi connectivity index (χ4v) is 2.49. The summed E-state index contributed by atoms with van der Waals surface area (Å²) in [6.45, 7) is 0.811. The van der Waals surface area contributed by atoms with Crippen LogP contribution in [-0.2, 0) is 6.54 Å². The van der Waals surface area contributed by atoms with E-state index in [-0.39, 0.29) is 6.54 Å². The van der Waals surface area contributed by atoms with Crippen molar-refractivity contribution in [3.05, 3.63) is 48.5 Å². The molecule has 3 rings (SSSR count). The van der Waals surface area contributed by atoms with E-state index in [1.807, 2.05) is 24.3 Å². The summed E-state index contributed by atoms with van der Waals surface area (Å²) in [6.07, 6.45) is -0.510. The largest absolute Gasteiger partial charge is 0.390 e. The molecule has 1 atom stereocenters. The molecule has 3 N–H and O–H groups in total. The number of aliphatic hydroxyl groups is 1. The van der Waals surface area contributed by atoms with Gasteiger partial charge in [0, 0.05) is 28.4 Å². The quantitative estimate of drug-likeness (QED) is 0.736. The number of para-hydroxylation sites is 2. The predicted molar refractivity (Wildman–Crippen MR) is 74.5 cm³/mol. The number of nitrogens with two attached hydrogens (primary N) is 1. The van der Waals surface area contributed by atoms with Crippen LogP contribution < -0.4 is 5.73 Å². The van der Waals surface area contributed by atoms with Gasteiger partial charge in [0.25, 0.3) is 0 Å². The van der Waals surface area contributed by atoms with Gasteiger partial charge in [0.2, 0.25) is 0 Å². The van der Waals surface area contributed by atoms with Crippen molar-refractivity contribution in [2.75, 3.05) is 6.54 Å². The number of benzene rings is 2. The molecule has 2 aromatic carbocycles. The molecule has 0 saturated carbocycles. The van der Waals surface area contributed by atoms with Gasteiger partial charge in [0.1, 0.15) is 0 Å². The summed E-state index contributed by atoms with van der Waals surface area (Å²) in [4.78, 5) is 0. The van der Waals surface area contributed by atoms with Gasteiger partial charge in [-0.2, -0.15) is 0 Å². The van der Waals surface area contributed by atoms with Crippen LogP contribution in [0.3, 0.4) is 0 Å². The Hall–Kier alpha value is -1.84. The van der Waals surface area contributed by atoms with Crippen LogP contribution in [0.4, 0.5) is 0 Å². The maximum Gasteiger partial charge on any atom is 0.0841 e. The van der Waals surface area contributed by atoms with E-state index in [0.29, 0.717) is 6.54 Å². The third kappa shape index (κ3) is 1.68. The van der Waals surface area contributed by atoms with E-state index < -0.39 is 6.10 Å². The Morgan fingerprint density at radius 2 is 1.44 bits per heavy atom. The molecule has 0 radical (unpaired) electrons. The number of nitrogens with zero attached hydrogens (tertiary/aromatic N) is 1. The topological polar surface area (TPSA) is 51.2 Å². The molecule has 0 fully saturated rings. The van der Waals surface area contributed by atoms with E-state index in [2.05, 4.69) is 28.8 Å². The van der Waals surface area contributed by atoms with Crippen molar-refractivity contribution in [3.8, 4) is 0 Å². The SMILES string of the molecule is NCC(O)Cn1c2ccccc2c2ccccc21. The molecule has 3 nitrogen and oxygen atoms in total. The normalized spacial score (nSPS) is 13.2. The average molecular weight is 240 g/mol. The summed E-state index contributed by atoms with van der Waals surface area (Å²) in [5.74, 6) is 0. The van der Waals surface area contributed by atoms with Gasteiger partial charge in [-0.05, 0) is 12.1 Å². The average Bonchev–Trinajstić information content (AvgIpc) is 2.74. The Bertz CT molecular complexity index is 634. The minimum atomic E-state index is -0.510. The maximum atomic E-state index is 9.80. The lowest BCUT2D eigenvalue weighted by Gasteiger charge is -2.11. The maximum absolute atomic E-state index is 9.80. The van der Waals surface area contributed by atoms with Gasteiger partial charge < -0.3 is 15.4 Å². The van der Waals surface area contributed by atoms with Gasteiger partial charge in [-0.3, -0.25) is 0 Å². The zero-order chi connectivity index (χ0) is 12.5. The molecule has 18 heavy (non-hydrogen) atoms. The molecule has 0 bridgehead atoms. The summed E-state index contributed by atoms with van der Waals surface area (Å²) in [5.41, 5.74) is 7.80. The summed E-state index contributed by atoms with van der Waals surface area (Å²) in [7, 11) is 0. The first-order valence-corrected chi connectivity index (χ1v) is 6.15. The fourth-order valence-electron chi connectivity index (χ4n) is 2.49. The number of hydrogen-bond acceptors (Lipinski definition) is 2. The Morgan fingerprint density at radius 3 is 1.94 bits per heavy atom. The molecule has 1 unspecified atom stereocenters. The molecule has 0 spiro atoms. The second kappa shape index (κ2) is 4.44. The van der Waals surface area contributed by atoms with Crippen LogP contribution in [0.2, 0.25) is 0 Å². The van der Waals surface area contributed by atoms with E-state index in [1.165, 1.54) is 10.8 Å². The minimum absolute atomic E-state index is 0.279. The Labute approximate surface area is 105 Å². The molecule has 1 heterocycles. The van der Waals surface area contributed by atoms with E-state index in [9.17, 15) is 5.11 Å². The number of aromatic nitrogens is 1. The Morgan fingerprint density at radius 1 is 0.944 bits per heavy atom. The zero-order valence-electron chi connectivity index (χ0n) is 10.1. The third-order valence-electron chi connectivity index (χ3n) is 3.35. The van der Waals surface area contributed by atoms with Crippen LogP contribution in [0.15, 0.2) is 48.5 Å². The van der Waals surface area contributed by atoms with Gasteiger partial charge in [-0.1, -0.05) is 36.4 Å². The van der Waals surface area contributed by atoms with Crippen LogP contribution >= 0.6 is 0 Å². The molecular formula is C15H16N2O. The van der Waals surface area contributed by atoms with Gasteiger partial charge in [-0.25, -0.2) is 0 Å². The lowest BCUT2D eigenvalue weighted by atomic mass is 10.2. The minimum Gasteiger partial charge on any atom is -0.390 e. The van der Waals surface area contributed by atoms with Crippen molar-refractivity contribution in [1.82, 2.24) is 4.57 Å². The van der Waals surface area contributed by atoms with E-state index in [0.717, 1.165) is 11.0 Å². The summed E-state index contributed by atoms with van der Waals surface area (Å²) in [6, 6.07) is 16.5. The molecule has 1 aromatic heterocycles. The van der Waals surface area contributed by atoms with Crippen molar-refractivity contribution in [2.45, 2.75) is 12.6 Å². The number of rotatable bonds is 3. The van der Waals surface area contributed by atoms with Crippen LogP contribution in [0.5, 0.6) is 0 Å². The van der Waals surface area contributed by atoms with Crippen molar-refractivity contribution in [2.24, 2.45) is 5.73 Å². The third-order valence-corrected chi connectivity index (χ3v) is 3.35. The standard InChI is InChI=1S/C15H16N2O/c16-9-11(18)10-17-14-7-3-1-5-12(14)13-6-2-4-8-15(13)17/h1-8,11,18H,9-10,16H2.